The summed E-state index contributed by atoms with van der Waals surface area (Å²) in [6.45, 7) is 0. The van der Waals surface area contributed by atoms with Crippen molar-refractivity contribution in [3.05, 3.63) is 72.1 Å². The molecule has 7 heteroatoms. The first-order valence-corrected chi connectivity index (χ1v) is 6.90. The standard InChI is InChI=1S/C17H11F3N2O2/c18-17(19,20)14-5-2-6-15(8-14)22-10-13(9-21-22)11-3-1-4-12(7-11)16(23)24/h1-10H,(H,23,24). The van der Waals surface area contributed by atoms with Crippen LogP contribution in [0.15, 0.2) is 60.9 Å². The lowest BCUT2D eigenvalue weighted by Crippen LogP contribution is -2.06. The second-order valence-corrected chi connectivity index (χ2v) is 5.11. The van der Waals surface area contributed by atoms with Crippen molar-refractivity contribution in [2.75, 3.05) is 0 Å². The fourth-order valence-corrected chi connectivity index (χ4v) is 2.27. The number of carboxylic acids is 1. The highest BCUT2D eigenvalue weighted by atomic mass is 19.4. The molecule has 0 saturated heterocycles. The van der Waals surface area contributed by atoms with Gasteiger partial charge in [-0.15, -0.1) is 0 Å². The van der Waals surface area contributed by atoms with Gasteiger partial charge < -0.3 is 5.11 Å². The molecule has 122 valence electrons. The molecule has 0 saturated carbocycles. The summed E-state index contributed by atoms with van der Waals surface area (Å²) in [6, 6.07) is 11.1. The van der Waals surface area contributed by atoms with Crippen LogP contribution in [0.5, 0.6) is 0 Å². The molecule has 1 N–H and O–H groups in total. The molecule has 0 aliphatic rings. The fraction of sp³-hybridized carbons (Fsp3) is 0.0588. The zero-order valence-corrected chi connectivity index (χ0v) is 12.2. The van der Waals surface area contributed by atoms with E-state index < -0.39 is 17.7 Å². The van der Waals surface area contributed by atoms with E-state index in [1.165, 1.54) is 35.1 Å². The van der Waals surface area contributed by atoms with Gasteiger partial charge in [0.05, 0.1) is 23.0 Å². The van der Waals surface area contributed by atoms with Gasteiger partial charge in [-0.25, -0.2) is 9.48 Å². The van der Waals surface area contributed by atoms with Gasteiger partial charge >= 0.3 is 12.1 Å². The topological polar surface area (TPSA) is 55.1 Å². The Kier molecular flexibility index (Phi) is 3.84. The van der Waals surface area contributed by atoms with Crippen molar-refractivity contribution in [1.29, 1.82) is 0 Å². The highest BCUT2D eigenvalue weighted by Crippen LogP contribution is 2.30. The lowest BCUT2D eigenvalue weighted by atomic mass is 10.1. The molecule has 0 radical (unpaired) electrons. The van der Waals surface area contributed by atoms with Crippen LogP contribution >= 0.6 is 0 Å². The molecular weight excluding hydrogens is 321 g/mol. The summed E-state index contributed by atoms with van der Waals surface area (Å²) in [5, 5.41) is 13.1. The molecule has 0 amide bonds. The van der Waals surface area contributed by atoms with Crippen molar-refractivity contribution in [2.45, 2.75) is 6.18 Å². The minimum Gasteiger partial charge on any atom is -0.478 e. The third-order valence-corrected chi connectivity index (χ3v) is 3.46. The molecule has 0 bridgehead atoms. The van der Waals surface area contributed by atoms with Gasteiger partial charge in [-0.05, 0) is 35.9 Å². The van der Waals surface area contributed by atoms with Gasteiger partial charge in [-0.1, -0.05) is 18.2 Å². The number of benzene rings is 2. The van der Waals surface area contributed by atoms with Crippen LogP contribution in [0.4, 0.5) is 13.2 Å². The van der Waals surface area contributed by atoms with Gasteiger partial charge in [0, 0.05) is 11.8 Å². The summed E-state index contributed by atoms with van der Waals surface area (Å²) in [6.07, 6.45) is -1.40. The molecule has 0 fully saturated rings. The van der Waals surface area contributed by atoms with Crippen molar-refractivity contribution in [3.63, 3.8) is 0 Å². The summed E-state index contributed by atoms with van der Waals surface area (Å²) < 4.78 is 39.7. The Morgan fingerprint density at radius 1 is 1.04 bits per heavy atom. The Labute approximate surface area is 134 Å². The molecule has 3 aromatic rings. The Morgan fingerprint density at radius 3 is 2.50 bits per heavy atom. The van der Waals surface area contributed by atoms with Crippen molar-refractivity contribution in [3.8, 4) is 16.8 Å². The number of nitrogens with zero attached hydrogens (tertiary/aromatic N) is 2. The van der Waals surface area contributed by atoms with E-state index in [2.05, 4.69) is 5.10 Å². The lowest BCUT2D eigenvalue weighted by molar-refractivity contribution is -0.137. The normalized spacial score (nSPS) is 11.5. The van der Waals surface area contributed by atoms with E-state index in [1.807, 2.05) is 0 Å². The Balaban J connectivity index is 1.97. The van der Waals surface area contributed by atoms with Gasteiger partial charge in [0.1, 0.15) is 0 Å². The molecule has 2 aromatic carbocycles. The maximum Gasteiger partial charge on any atom is 0.416 e. The zero-order chi connectivity index (χ0) is 17.3. The van der Waals surface area contributed by atoms with Gasteiger partial charge in [0.15, 0.2) is 0 Å². The number of halogens is 3. The summed E-state index contributed by atoms with van der Waals surface area (Å²) in [5.41, 5.74) is 0.860. The number of alkyl halides is 3. The largest absolute Gasteiger partial charge is 0.478 e. The molecule has 24 heavy (non-hydrogen) atoms. The van der Waals surface area contributed by atoms with Crippen LogP contribution in [0.3, 0.4) is 0 Å². The van der Waals surface area contributed by atoms with Crippen LogP contribution in [0.2, 0.25) is 0 Å². The summed E-state index contributed by atoms with van der Waals surface area (Å²) in [4.78, 5) is 11.0. The summed E-state index contributed by atoms with van der Waals surface area (Å²) >= 11 is 0. The maximum absolute atomic E-state index is 12.8. The second kappa shape index (κ2) is 5.84. The molecular formula is C17H11F3N2O2. The lowest BCUT2D eigenvalue weighted by Gasteiger charge is -2.08. The van der Waals surface area contributed by atoms with Crippen molar-refractivity contribution >= 4 is 5.97 Å². The van der Waals surface area contributed by atoms with E-state index in [0.717, 1.165) is 12.1 Å². The monoisotopic (exact) mass is 332 g/mol. The molecule has 0 unspecified atom stereocenters. The second-order valence-electron chi connectivity index (χ2n) is 5.11. The van der Waals surface area contributed by atoms with E-state index in [0.29, 0.717) is 11.1 Å². The van der Waals surface area contributed by atoms with Crippen molar-refractivity contribution in [1.82, 2.24) is 9.78 Å². The van der Waals surface area contributed by atoms with Crippen LogP contribution < -0.4 is 0 Å². The Hall–Kier alpha value is -3.09. The summed E-state index contributed by atoms with van der Waals surface area (Å²) in [7, 11) is 0. The molecule has 1 heterocycles. The van der Waals surface area contributed by atoms with E-state index >= 15 is 0 Å². The number of carboxylic acid groups (broad SMARTS) is 1. The molecule has 0 spiro atoms. The molecule has 3 rings (SSSR count). The average Bonchev–Trinajstić information content (AvgIpc) is 3.04. The third kappa shape index (κ3) is 3.15. The van der Waals surface area contributed by atoms with Crippen LogP contribution in [0.1, 0.15) is 15.9 Å². The van der Waals surface area contributed by atoms with Gasteiger partial charge in [0.25, 0.3) is 0 Å². The highest BCUT2D eigenvalue weighted by Gasteiger charge is 2.30. The van der Waals surface area contributed by atoms with E-state index in [9.17, 15) is 18.0 Å². The smallest absolute Gasteiger partial charge is 0.416 e. The Morgan fingerprint density at radius 2 is 1.79 bits per heavy atom. The highest BCUT2D eigenvalue weighted by molar-refractivity contribution is 5.89. The number of hydrogen-bond donors (Lipinski definition) is 1. The van der Waals surface area contributed by atoms with Crippen LogP contribution in [0, 0.1) is 0 Å². The number of hydrogen-bond acceptors (Lipinski definition) is 2. The molecule has 1 aromatic heterocycles. The van der Waals surface area contributed by atoms with Crippen molar-refractivity contribution < 1.29 is 23.1 Å². The number of aromatic carboxylic acids is 1. The van der Waals surface area contributed by atoms with E-state index in [-0.39, 0.29) is 11.3 Å². The Bertz CT molecular complexity index is 901. The SMILES string of the molecule is O=C(O)c1cccc(-c2cnn(-c3cccc(C(F)(F)F)c3)c2)c1. The minimum atomic E-state index is -4.43. The quantitative estimate of drug-likeness (QED) is 0.780. The number of rotatable bonds is 3. The number of aromatic nitrogens is 2. The fourth-order valence-electron chi connectivity index (χ4n) is 2.27. The predicted octanol–water partition coefficient (Wildman–Crippen LogP) is 4.26. The number of carbonyl (C=O) groups is 1. The first-order chi connectivity index (χ1) is 11.3. The molecule has 0 aliphatic carbocycles. The molecule has 4 nitrogen and oxygen atoms in total. The van der Waals surface area contributed by atoms with Gasteiger partial charge in [-0.2, -0.15) is 18.3 Å². The first-order valence-electron chi connectivity index (χ1n) is 6.90. The van der Waals surface area contributed by atoms with Gasteiger partial charge in [0.2, 0.25) is 0 Å². The minimum absolute atomic E-state index is 0.124. The molecule has 0 aliphatic heterocycles. The molecule has 0 atom stereocenters. The predicted molar refractivity (Wildman–Crippen MR) is 81.0 cm³/mol. The van der Waals surface area contributed by atoms with Crippen LogP contribution in [0.25, 0.3) is 16.8 Å². The third-order valence-electron chi connectivity index (χ3n) is 3.46. The first kappa shape index (κ1) is 15.8. The zero-order valence-electron chi connectivity index (χ0n) is 12.2. The average molecular weight is 332 g/mol. The van der Waals surface area contributed by atoms with Gasteiger partial charge in [-0.3, -0.25) is 0 Å². The van der Waals surface area contributed by atoms with Crippen LogP contribution in [-0.2, 0) is 6.18 Å². The summed E-state index contributed by atoms with van der Waals surface area (Å²) in [5.74, 6) is -1.05. The maximum atomic E-state index is 12.8. The van der Waals surface area contributed by atoms with Crippen molar-refractivity contribution in [2.24, 2.45) is 0 Å². The van der Waals surface area contributed by atoms with E-state index in [1.54, 1.807) is 18.3 Å². The van der Waals surface area contributed by atoms with E-state index in [4.69, 9.17) is 5.11 Å². The van der Waals surface area contributed by atoms with Crippen LogP contribution in [-0.4, -0.2) is 20.9 Å².